The molecule has 0 saturated carbocycles. The van der Waals surface area contributed by atoms with Crippen LogP contribution in [0.3, 0.4) is 0 Å². The van der Waals surface area contributed by atoms with E-state index in [2.05, 4.69) is 9.47 Å². The Morgan fingerprint density at radius 1 is 1.04 bits per heavy atom. The second kappa shape index (κ2) is 11.7. The maximum atomic E-state index is 13.0. The molecule has 26 heavy (non-hydrogen) atoms. The van der Waals surface area contributed by atoms with E-state index in [0.29, 0.717) is 0 Å². The third kappa shape index (κ3) is 10.2. The zero-order chi connectivity index (χ0) is 20.3. The zero-order valence-electron chi connectivity index (χ0n) is 14.2. The molecule has 0 aliphatic rings. The highest BCUT2D eigenvalue weighted by molar-refractivity contribution is 7.87. The third-order valence-electron chi connectivity index (χ3n) is 2.73. The lowest BCUT2D eigenvalue weighted by Gasteiger charge is -2.21. The van der Waals surface area contributed by atoms with Gasteiger partial charge in [0.25, 0.3) is 0 Å². The van der Waals surface area contributed by atoms with Crippen molar-refractivity contribution in [3.05, 3.63) is 0 Å². The number of halogens is 2. The Balaban J connectivity index is 4.53. The standard InChI is InChI=1S/C13H21F2NO9S/c1-3-23-10(17)8-16(4-6-24-12(18)9(2)14)5-7-25-13(19)11(15)26(20,21)22/h9,11H,3-8H2,1-2H3,(H,20,21,22). The van der Waals surface area contributed by atoms with Crippen molar-refractivity contribution >= 4 is 28.0 Å². The lowest BCUT2D eigenvalue weighted by Crippen LogP contribution is -2.38. The summed E-state index contributed by atoms with van der Waals surface area (Å²) in [5.41, 5.74) is -3.24. The summed E-state index contributed by atoms with van der Waals surface area (Å²) in [5.74, 6) is -3.56. The first-order valence-electron chi connectivity index (χ1n) is 7.44. The molecule has 0 rings (SSSR count). The van der Waals surface area contributed by atoms with Gasteiger partial charge in [-0.3, -0.25) is 14.2 Å². The first kappa shape index (κ1) is 24.1. The van der Waals surface area contributed by atoms with Gasteiger partial charge in [-0.2, -0.15) is 8.42 Å². The van der Waals surface area contributed by atoms with E-state index in [9.17, 15) is 31.6 Å². The maximum absolute atomic E-state index is 13.0. The van der Waals surface area contributed by atoms with Gasteiger partial charge in [0.2, 0.25) is 0 Å². The number of hydrogen-bond acceptors (Lipinski definition) is 9. The first-order chi connectivity index (χ1) is 12.0. The van der Waals surface area contributed by atoms with Crippen LogP contribution in [0, 0.1) is 0 Å². The van der Waals surface area contributed by atoms with E-state index in [1.807, 2.05) is 0 Å². The minimum absolute atomic E-state index is 0.0633. The molecule has 0 radical (unpaired) electrons. The topological polar surface area (TPSA) is 137 Å². The quantitative estimate of drug-likeness (QED) is 0.256. The minimum Gasteiger partial charge on any atom is -0.465 e. The predicted octanol–water partition coefficient (Wildman–Crippen LogP) is -0.521. The van der Waals surface area contributed by atoms with Crippen LogP contribution < -0.4 is 0 Å². The number of alkyl halides is 2. The Morgan fingerprint density at radius 3 is 1.96 bits per heavy atom. The average Bonchev–Trinajstić information content (AvgIpc) is 2.52. The molecule has 0 amide bonds. The molecule has 0 saturated heterocycles. The fraction of sp³-hybridized carbons (Fsp3) is 0.769. The maximum Gasteiger partial charge on any atom is 0.359 e. The summed E-state index contributed by atoms with van der Waals surface area (Å²) >= 11 is 0. The number of carbonyl (C=O) groups is 3. The molecule has 0 aliphatic heterocycles. The molecule has 152 valence electrons. The van der Waals surface area contributed by atoms with Crippen molar-refractivity contribution in [2.24, 2.45) is 0 Å². The predicted molar refractivity (Wildman–Crippen MR) is 82.0 cm³/mol. The monoisotopic (exact) mass is 405 g/mol. The molecule has 0 aliphatic carbocycles. The summed E-state index contributed by atoms with van der Waals surface area (Å²) in [4.78, 5) is 34.9. The second-order valence-electron chi connectivity index (χ2n) is 4.86. The molecule has 13 heteroatoms. The Morgan fingerprint density at radius 2 is 1.54 bits per heavy atom. The fourth-order valence-electron chi connectivity index (χ4n) is 1.51. The lowest BCUT2D eigenvalue weighted by molar-refractivity contribution is -0.150. The van der Waals surface area contributed by atoms with Crippen LogP contribution in [0.5, 0.6) is 0 Å². The fourth-order valence-corrected chi connectivity index (χ4v) is 1.82. The SMILES string of the molecule is CCOC(=O)CN(CCOC(=O)C(C)F)CCOC(=O)C(F)S(=O)(=O)O. The minimum atomic E-state index is -5.23. The van der Waals surface area contributed by atoms with E-state index in [1.165, 1.54) is 4.90 Å². The van der Waals surface area contributed by atoms with E-state index in [0.717, 1.165) is 6.92 Å². The van der Waals surface area contributed by atoms with Crippen LogP contribution in [0.4, 0.5) is 8.78 Å². The molecule has 2 atom stereocenters. The van der Waals surface area contributed by atoms with Crippen molar-refractivity contribution in [3.63, 3.8) is 0 Å². The van der Waals surface area contributed by atoms with Gasteiger partial charge in [0.05, 0.1) is 13.2 Å². The van der Waals surface area contributed by atoms with Crippen molar-refractivity contribution in [2.75, 3.05) is 39.5 Å². The van der Waals surface area contributed by atoms with Gasteiger partial charge >= 0.3 is 33.5 Å². The van der Waals surface area contributed by atoms with Crippen LogP contribution in [0.1, 0.15) is 13.8 Å². The Kier molecular flexibility index (Phi) is 10.9. The van der Waals surface area contributed by atoms with Crippen molar-refractivity contribution in [1.82, 2.24) is 4.90 Å². The number of ether oxygens (including phenoxy) is 3. The van der Waals surface area contributed by atoms with Gasteiger partial charge in [-0.25, -0.2) is 18.4 Å². The highest BCUT2D eigenvalue weighted by atomic mass is 32.2. The van der Waals surface area contributed by atoms with E-state index in [4.69, 9.17) is 9.29 Å². The highest BCUT2D eigenvalue weighted by Gasteiger charge is 2.32. The summed E-state index contributed by atoms with van der Waals surface area (Å²) in [5, 5.41) is 0. The van der Waals surface area contributed by atoms with Crippen LogP contribution >= 0.6 is 0 Å². The molecule has 0 aromatic rings. The molecule has 0 aromatic carbocycles. The molecular formula is C13H21F2NO9S. The van der Waals surface area contributed by atoms with Crippen LogP contribution in [-0.4, -0.2) is 86.9 Å². The van der Waals surface area contributed by atoms with Crippen LogP contribution in [0.15, 0.2) is 0 Å². The molecule has 0 aromatic heterocycles. The van der Waals surface area contributed by atoms with Crippen molar-refractivity contribution in [1.29, 1.82) is 0 Å². The summed E-state index contributed by atoms with van der Waals surface area (Å²) < 4.78 is 68.7. The van der Waals surface area contributed by atoms with Crippen molar-refractivity contribution in [2.45, 2.75) is 25.5 Å². The Bertz CT molecular complexity index is 582. The largest absolute Gasteiger partial charge is 0.465 e. The van der Waals surface area contributed by atoms with Gasteiger partial charge < -0.3 is 14.2 Å². The van der Waals surface area contributed by atoms with Crippen LogP contribution in [0.25, 0.3) is 0 Å². The molecular weight excluding hydrogens is 384 g/mol. The number of nitrogens with zero attached hydrogens (tertiary/aromatic N) is 1. The van der Waals surface area contributed by atoms with E-state index >= 15 is 0 Å². The summed E-state index contributed by atoms with van der Waals surface area (Å²) in [6, 6.07) is 0. The molecule has 1 N–H and O–H groups in total. The smallest absolute Gasteiger partial charge is 0.359 e. The normalized spacial score (nSPS) is 13.8. The summed E-state index contributed by atoms with van der Waals surface area (Å²) in [7, 11) is -5.23. The Hall–Kier alpha value is -1.86. The van der Waals surface area contributed by atoms with Gasteiger partial charge in [-0.1, -0.05) is 0 Å². The second-order valence-corrected chi connectivity index (χ2v) is 6.31. The van der Waals surface area contributed by atoms with Gasteiger partial charge in [0.15, 0.2) is 6.17 Å². The number of esters is 3. The van der Waals surface area contributed by atoms with E-state index < -0.39 is 46.3 Å². The summed E-state index contributed by atoms with van der Waals surface area (Å²) in [6.45, 7) is 1.32. The van der Waals surface area contributed by atoms with Gasteiger partial charge in [0.1, 0.15) is 13.2 Å². The number of carbonyl (C=O) groups excluding carboxylic acids is 3. The van der Waals surface area contributed by atoms with Crippen molar-refractivity contribution in [3.8, 4) is 0 Å². The van der Waals surface area contributed by atoms with E-state index in [1.54, 1.807) is 6.92 Å². The molecule has 2 unspecified atom stereocenters. The lowest BCUT2D eigenvalue weighted by atomic mass is 10.4. The average molecular weight is 405 g/mol. The van der Waals surface area contributed by atoms with Gasteiger partial charge in [-0.05, 0) is 13.8 Å². The summed E-state index contributed by atoms with van der Waals surface area (Å²) in [6.07, 6.45) is -1.82. The van der Waals surface area contributed by atoms with Gasteiger partial charge in [-0.15, -0.1) is 0 Å². The zero-order valence-corrected chi connectivity index (χ0v) is 15.0. The molecule has 0 heterocycles. The van der Waals surface area contributed by atoms with E-state index in [-0.39, 0.29) is 32.8 Å². The molecule has 10 nitrogen and oxygen atoms in total. The highest BCUT2D eigenvalue weighted by Crippen LogP contribution is 2.03. The first-order valence-corrected chi connectivity index (χ1v) is 8.95. The van der Waals surface area contributed by atoms with Crippen LogP contribution in [0.2, 0.25) is 0 Å². The molecule has 0 fully saturated rings. The van der Waals surface area contributed by atoms with Crippen LogP contribution in [-0.2, 0) is 38.7 Å². The number of rotatable bonds is 12. The third-order valence-corrected chi connectivity index (χ3v) is 3.45. The Labute approximate surface area is 149 Å². The number of hydrogen-bond donors (Lipinski definition) is 1. The van der Waals surface area contributed by atoms with Gasteiger partial charge in [0, 0.05) is 13.1 Å². The molecule has 0 spiro atoms. The van der Waals surface area contributed by atoms with Crippen molar-refractivity contribution < 1.29 is 50.3 Å². The molecule has 0 bridgehead atoms.